The molecular formula is C28H36FNO5S2. The molecule has 0 spiro atoms. The Balaban J connectivity index is 1.46. The molecule has 0 aliphatic heterocycles. The summed E-state index contributed by atoms with van der Waals surface area (Å²) in [7, 11) is 0. The molecule has 1 heterocycles. The van der Waals surface area contributed by atoms with E-state index in [1.165, 1.54) is 17.2 Å². The van der Waals surface area contributed by atoms with Crippen molar-refractivity contribution in [1.82, 2.24) is 5.06 Å². The second kappa shape index (κ2) is 9.30. The first kappa shape index (κ1) is 27.1. The summed E-state index contributed by atoms with van der Waals surface area (Å²) < 4.78 is 16.9. The lowest BCUT2D eigenvalue weighted by atomic mass is 9.40. The highest BCUT2D eigenvalue weighted by atomic mass is 32.2. The van der Waals surface area contributed by atoms with Crippen LogP contribution in [0.4, 0.5) is 4.39 Å². The van der Waals surface area contributed by atoms with Gasteiger partial charge in [-0.25, -0.2) is 4.39 Å². The Morgan fingerprint density at radius 1 is 1.24 bits per heavy atom. The van der Waals surface area contributed by atoms with Crippen molar-refractivity contribution >= 4 is 34.9 Å². The van der Waals surface area contributed by atoms with Gasteiger partial charge in [-0.1, -0.05) is 26.8 Å². The number of carbonyl (C=O) groups is 2. The molecule has 1 aromatic rings. The van der Waals surface area contributed by atoms with E-state index in [4.69, 9.17) is 0 Å². The Kier molecular flexibility index (Phi) is 6.80. The average Bonchev–Trinajstić information content (AvgIpc) is 3.38. The molecule has 0 radical (unpaired) electrons. The van der Waals surface area contributed by atoms with Gasteiger partial charge in [-0.05, 0) is 78.5 Å². The Bertz CT molecular complexity index is 1170. The number of aliphatic carboxylic acids is 1. The molecule has 4 aliphatic carbocycles. The number of allylic oxidation sites excluding steroid dienone is 4. The highest BCUT2D eigenvalue weighted by molar-refractivity contribution is 8.00. The van der Waals surface area contributed by atoms with Crippen LogP contribution < -0.4 is 0 Å². The van der Waals surface area contributed by atoms with Crippen molar-refractivity contribution in [2.45, 2.75) is 63.1 Å². The van der Waals surface area contributed by atoms with Gasteiger partial charge >= 0.3 is 5.97 Å². The van der Waals surface area contributed by atoms with Gasteiger partial charge in [-0.15, -0.1) is 23.1 Å². The first-order valence-corrected chi connectivity index (χ1v) is 15.0. The Hall–Kier alpha value is -1.52. The molecule has 0 bridgehead atoms. The number of hydroxylamine groups is 2. The molecule has 0 saturated heterocycles. The molecule has 202 valence electrons. The van der Waals surface area contributed by atoms with Crippen LogP contribution in [0.25, 0.3) is 0 Å². The molecule has 1 unspecified atom stereocenters. The summed E-state index contributed by atoms with van der Waals surface area (Å²) in [5, 5.41) is 34.1. The van der Waals surface area contributed by atoms with Crippen LogP contribution in [0.2, 0.25) is 0 Å². The fourth-order valence-corrected chi connectivity index (χ4v) is 10.1. The topological polar surface area (TPSA) is 98.1 Å². The van der Waals surface area contributed by atoms with E-state index in [0.717, 1.165) is 9.09 Å². The zero-order valence-corrected chi connectivity index (χ0v) is 23.3. The molecule has 3 N–H and O–H groups in total. The molecule has 37 heavy (non-hydrogen) atoms. The van der Waals surface area contributed by atoms with Gasteiger partial charge < -0.3 is 15.4 Å². The molecule has 3 saturated carbocycles. The van der Waals surface area contributed by atoms with E-state index < -0.39 is 40.4 Å². The second-order valence-corrected chi connectivity index (χ2v) is 14.3. The maximum absolute atomic E-state index is 15.7. The van der Waals surface area contributed by atoms with E-state index in [2.05, 4.69) is 0 Å². The van der Waals surface area contributed by atoms with Crippen molar-refractivity contribution in [3.8, 4) is 0 Å². The summed E-state index contributed by atoms with van der Waals surface area (Å²) >= 11 is 3.25. The highest BCUT2D eigenvalue weighted by Gasteiger charge is 2.71. The number of aliphatic hydroxyl groups excluding tert-OH is 1. The Labute approximate surface area is 225 Å². The van der Waals surface area contributed by atoms with E-state index in [9.17, 15) is 25.0 Å². The lowest BCUT2D eigenvalue weighted by molar-refractivity contribution is -0.189. The van der Waals surface area contributed by atoms with E-state index >= 15 is 4.39 Å². The molecule has 0 aromatic carbocycles. The zero-order chi connectivity index (χ0) is 26.9. The maximum Gasteiger partial charge on any atom is 0.307 e. The van der Waals surface area contributed by atoms with Crippen molar-refractivity contribution in [1.29, 1.82) is 0 Å². The largest absolute Gasteiger partial charge is 0.481 e. The number of alkyl halides is 1. The number of hydrogen-bond donors (Lipinski definition) is 3. The molecular weight excluding hydrogens is 513 g/mol. The third-order valence-electron chi connectivity index (χ3n) is 10.5. The van der Waals surface area contributed by atoms with Crippen molar-refractivity contribution in [2.75, 3.05) is 12.8 Å². The monoisotopic (exact) mass is 549 g/mol. The predicted octanol–water partition coefficient (Wildman–Crippen LogP) is 5.20. The number of thioether (sulfide) groups is 1. The van der Waals surface area contributed by atoms with Gasteiger partial charge in [0.05, 0.1) is 22.8 Å². The van der Waals surface area contributed by atoms with Gasteiger partial charge in [0.1, 0.15) is 6.17 Å². The molecule has 5 rings (SSSR count). The lowest BCUT2D eigenvalue weighted by Gasteiger charge is -2.65. The number of hydrogen-bond acceptors (Lipinski definition) is 7. The number of aliphatic hydroxyl groups is 1. The third-order valence-corrected chi connectivity index (χ3v) is 12.6. The molecule has 0 amide bonds. The van der Waals surface area contributed by atoms with Gasteiger partial charge in [-0.3, -0.25) is 9.59 Å². The first-order chi connectivity index (χ1) is 17.3. The number of thiophene rings is 1. The van der Waals surface area contributed by atoms with Crippen LogP contribution in [-0.4, -0.2) is 57.3 Å². The fraction of sp³-hybridized carbons (Fsp3) is 0.643. The van der Waals surface area contributed by atoms with Crippen molar-refractivity contribution in [3.05, 3.63) is 40.8 Å². The van der Waals surface area contributed by atoms with Crippen molar-refractivity contribution in [2.24, 2.45) is 39.9 Å². The Morgan fingerprint density at radius 3 is 2.62 bits per heavy atom. The summed E-state index contributed by atoms with van der Waals surface area (Å²) in [5.41, 5.74) is -1.89. The third kappa shape index (κ3) is 3.99. The summed E-state index contributed by atoms with van der Waals surface area (Å²) in [6.07, 6.45) is 5.42. The minimum atomic E-state index is -1.33. The van der Waals surface area contributed by atoms with Crippen LogP contribution >= 0.6 is 23.1 Å². The SMILES string of the molecule is CSc1ccc(CN(O)C[C@@H]2CC3[C@@H]4C[C@H](F)C5=CC(=O)C=C[C@]5(C)[C@@]4(C)[C@@H](O)C[C@]3(C)[C@H]2C(=O)O)s1. The standard InChI is InChI=1S/C28H36FNO5S2/c1-26-12-22(32)28(3)19(11-21(29)20-10-16(31)7-8-27(20,28)2)18(26)9-15(24(26)25(33)34)13-30(35)14-17-5-6-23(36-4)37-17/h5-8,10,15,18-19,21-22,24,32,35H,9,11-14H2,1-4H3,(H,33,34)/t15-,18?,19-,21-,22-,24+,26-,27-,28+/m0/s1. The summed E-state index contributed by atoms with van der Waals surface area (Å²) in [4.78, 5) is 25.8. The number of carboxylic acid groups (broad SMARTS) is 1. The molecule has 9 heteroatoms. The number of nitrogens with zero attached hydrogens (tertiary/aromatic N) is 1. The van der Waals surface area contributed by atoms with E-state index in [1.54, 1.807) is 29.2 Å². The molecule has 3 fully saturated rings. The lowest BCUT2D eigenvalue weighted by Crippen LogP contribution is -2.64. The summed E-state index contributed by atoms with van der Waals surface area (Å²) in [6.45, 7) is 6.35. The van der Waals surface area contributed by atoms with Crippen molar-refractivity contribution in [3.63, 3.8) is 0 Å². The number of rotatable bonds is 6. The van der Waals surface area contributed by atoms with E-state index in [-0.39, 0.29) is 42.9 Å². The second-order valence-electron chi connectivity index (χ2n) is 12.0. The fourth-order valence-electron chi connectivity index (χ4n) is 8.52. The van der Waals surface area contributed by atoms with E-state index in [1.807, 2.05) is 39.2 Å². The quantitative estimate of drug-likeness (QED) is 0.331. The van der Waals surface area contributed by atoms with Crippen LogP contribution in [0.5, 0.6) is 0 Å². The van der Waals surface area contributed by atoms with Crippen LogP contribution in [0.3, 0.4) is 0 Å². The van der Waals surface area contributed by atoms with Gasteiger partial charge in [0.15, 0.2) is 5.78 Å². The van der Waals surface area contributed by atoms with E-state index in [0.29, 0.717) is 18.5 Å². The van der Waals surface area contributed by atoms with Gasteiger partial charge in [0, 0.05) is 22.3 Å². The molecule has 4 aliphatic rings. The molecule has 9 atom stereocenters. The smallest absolute Gasteiger partial charge is 0.307 e. The average molecular weight is 550 g/mol. The van der Waals surface area contributed by atoms with Gasteiger partial charge in [-0.2, -0.15) is 5.06 Å². The zero-order valence-electron chi connectivity index (χ0n) is 21.7. The highest BCUT2D eigenvalue weighted by Crippen LogP contribution is 2.72. The van der Waals surface area contributed by atoms with Crippen LogP contribution in [0.15, 0.2) is 40.1 Å². The molecule has 6 nitrogen and oxygen atoms in total. The van der Waals surface area contributed by atoms with Gasteiger partial charge in [0.25, 0.3) is 0 Å². The van der Waals surface area contributed by atoms with Crippen LogP contribution in [-0.2, 0) is 16.1 Å². The minimum absolute atomic E-state index is 0.132. The number of carbonyl (C=O) groups excluding carboxylic acids is 1. The Morgan fingerprint density at radius 2 is 1.97 bits per heavy atom. The van der Waals surface area contributed by atoms with Gasteiger partial charge in [0.2, 0.25) is 0 Å². The number of carboxylic acids is 1. The minimum Gasteiger partial charge on any atom is -0.481 e. The normalized spacial score (nSPS) is 42.8. The number of halogens is 1. The van der Waals surface area contributed by atoms with Crippen LogP contribution in [0, 0.1) is 39.9 Å². The molecule has 1 aromatic heterocycles. The summed E-state index contributed by atoms with van der Waals surface area (Å²) in [6, 6.07) is 3.99. The predicted molar refractivity (Wildman–Crippen MR) is 141 cm³/mol. The van der Waals surface area contributed by atoms with Crippen molar-refractivity contribution < 1.29 is 29.4 Å². The maximum atomic E-state index is 15.7. The number of ketones is 1. The van der Waals surface area contributed by atoms with Crippen LogP contribution in [0.1, 0.15) is 44.9 Å². The number of fused-ring (bicyclic) bond motifs is 5. The summed E-state index contributed by atoms with van der Waals surface area (Å²) in [5.74, 6) is -2.66. The first-order valence-electron chi connectivity index (χ1n) is 12.9.